The van der Waals surface area contributed by atoms with Gasteiger partial charge in [-0.2, -0.15) is 0 Å². The summed E-state index contributed by atoms with van der Waals surface area (Å²) in [4.78, 5) is 30.4. The smallest absolute Gasteiger partial charge is 0.354 e. The molecule has 1 aromatic rings. The molecule has 0 radical (unpaired) electrons. The molecule has 20 heavy (non-hydrogen) atoms. The number of hydrazine groups is 1. The highest BCUT2D eigenvalue weighted by atomic mass is 16.6. The van der Waals surface area contributed by atoms with Crippen molar-refractivity contribution >= 4 is 23.4 Å². The molecule has 0 saturated carbocycles. The molecule has 0 unspecified atom stereocenters. The molecule has 0 spiro atoms. The van der Waals surface area contributed by atoms with Crippen molar-refractivity contribution in [2.45, 2.75) is 0 Å². The Balaban J connectivity index is 2.64. The Morgan fingerprint density at radius 2 is 2.05 bits per heavy atom. The minimum atomic E-state index is -0.643. The topological polar surface area (TPSA) is 151 Å². The summed E-state index contributed by atoms with van der Waals surface area (Å²) in [7, 11) is 3.22. The molecule has 11 nitrogen and oxygen atoms in total. The molecular weight excluding hydrogens is 268 g/mol. The number of nitrogens with zero attached hydrogens (tertiary/aromatic N) is 4. The summed E-state index contributed by atoms with van der Waals surface area (Å²) in [5.74, 6) is 5.08. The fourth-order valence-corrected chi connectivity index (χ4v) is 1.30. The van der Waals surface area contributed by atoms with Crippen LogP contribution < -0.4 is 21.9 Å². The number of nitrogens with one attached hydrogen (secondary N) is 3. The van der Waals surface area contributed by atoms with Gasteiger partial charge >= 0.3 is 11.7 Å². The first kappa shape index (κ1) is 15.4. The Bertz CT molecular complexity index is 492. The largest absolute Gasteiger partial charge is 0.362 e. The number of carbonyl (C=O) groups excluding carboxylic acids is 1. The van der Waals surface area contributed by atoms with E-state index in [1.54, 1.807) is 14.1 Å². The first-order valence-electron chi connectivity index (χ1n) is 5.62. The number of aromatic nitrogens is 2. The average Bonchev–Trinajstić information content (AvgIpc) is 2.42. The third-order valence-electron chi connectivity index (χ3n) is 2.24. The maximum Gasteiger partial charge on any atom is 0.354 e. The van der Waals surface area contributed by atoms with Crippen molar-refractivity contribution in [3.05, 3.63) is 16.4 Å². The van der Waals surface area contributed by atoms with E-state index in [-0.39, 0.29) is 36.4 Å². The molecule has 0 aliphatic heterocycles. The van der Waals surface area contributed by atoms with Crippen molar-refractivity contribution < 1.29 is 9.72 Å². The van der Waals surface area contributed by atoms with Gasteiger partial charge in [-0.25, -0.2) is 20.6 Å². The van der Waals surface area contributed by atoms with Crippen molar-refractivity contribution in [1.29, 1.82) is 0 Å². The van der Waals surface area contributed by atoms with Gasteiger partial charge in [0.05, 0.1) is 4.92 Å². The van der Waals surface area contributed by atoms with Crippen molar-refractivity contribution in [3.63, 3.8) is 0 Å². The summed E-state index contributed by atoms with van der Waals surface area (Å²) in [5.41, 5.74) is 1.78. The molecule has 0 fully saturated rings. The normalized spacial score (nSPS) is 9.75. The minimum Gasteiger partial charge on any atom is -0.362 e. The molecule has 0 aromatic carbocycles. The van der Waals surface area contributed by atoms with Gasteiger partial charge in [0.25, 0.3) is 0 Å². The third kappa shape index (κ3) is 3.91. The fraction of sp³-hybridized carbons (Fsp3) is 0.444. The molecule has 5 N–H and O–H groups in total. The Morgan fingerprint density at radius 1 is 1.40 bits per heavy atom. The Hall–Kier alpha value is -2.69. The van der Waals surface area contributed by atoms with Crippen LogP contribution in [0.1, 0.15) is 0 Å². The highest BCUT2D eigenvalue weighted by Crippen LogP contribution is 2.27. The Labute approximate surface area is 114 Å². The van der Waals surface area contributed by atoms with E-state index >= 15 is 0 Å². The van der Waals surface area contributed by atoms with E-state index in [0.29, 0.717) is 0 Å². The predicted molar refractivity (Wildman–Crippen MR) is 72.1 cm³/mol. The second-order valence-electron chi connectivity index (χ2n) is 3.87. The maximum atomic E-state index is 11.3. The van der Waals surface area contributed by atoms with Gasteiger partial charge in [0.15, 0.2) is 0 Å². The second-order valence-corrected chi connectivity index (χ2v) is 3.87. The number of anilines is 2. The Morgan fingerprint density at radius 3 is 2.60 bits per heavy atom. The summed E-state index contributed by atoms with van der Waals surface area (Å²) in [6, 6.07) is -0.256. The van der Waals surface area contributed by atoms with Crippen LogP contribution in [0.5, 0.6) is 0 Å². The quantitative estimate of drug-likeness (QED) is 0.233. The molecule has 1 aromatic heterocycles. The van der Waals surface area contributed by atoms with Gasteiger partial charge in [-0.15, -0.1) is 0 Å². The standard InChI is InChI=1S/C9H16N8O3/c1-16(2)9(18)12-4-3-11-7-6(17(19)20)8(15-10)14-5-13-7/h5H,3-4,10H2,1-2H3,(H,12,18)(H2,11,13,14,15). The molecule has 0 bridgehead atoms. The van der Waals surface area contributed by atoms with Crippen LogP contribution >= 0.6 is 0 Å². The summed E-state index contributed by atoms with van der Waals surface area (Å²) in [5, 5.41) is 16.3. The number of nitro groups is 1. The number of carbonyl (C=O) groups is 1. The minimum absolute atomic E-state index is 0.0250. The Kier molecular flexibility index (Phi) is 5.41. The van der Waals surface area contributed by atoms with Crippen LogP contribution in [0, 0.1) is 10.1 Å². The van der Waals surface area contributed by atoms with Gasteiger partial charge in [-0.3, -0.25) is 10.1 Å². The summed E-state index contributed by atoms with van der Waals surface area (Å²) >= 11 is 0. The highest BCUT2D eigenvalue weighted by molar-refractivity contribution is 5.73. The predicted octanol–water partition coefficient (Wildman–Crippen LogP) is -0.646. The SMILES string of the molecule is CN(C)C(=O)NCCNc1ncnc(NN)c1[N+](=O)[O-]. The van der Waals surface area contributed by atoms with E-state index < -0.39 is 4.92 Å². The van der Waals surface area contributed by atoms with Crippen molar-refractivity contribution in [2.24, 2.45) is 5.84 Å². The number of nitrogen functional groups attached to an aromatic ring is 1. The number of hydrogen-bond acceptors (Lipinski definition) is 8. The lowest BCUT2D eigenvalue weighted by Gasteiger charge is -2.12. The van der Waals surface area contributed by atoms with Crippen LogP contribution in [0.15, 0.2) is 6.33 Å². The lowest BCUT2D eigenvalue weighted by atomic mass is 10.4. The van der Waals surface area contributed by atoms with Crippen LogP contribution in [0.3, 0.4) is 0 Å². The molecule has 0 aliphatic rings. The third-order valence-corrected chi connectivity index (χ3v) is 2.24. The zero-order chi connectivity index (χ0) is 15.1. The van der Waals surface area contributed by atoms with Gasteiger partial charge < -0.3 is 21.0 Å². The molecule has 1 rings (SSSR count). The lowest BCUT2D eigenvalue weighted by Crippen LogP contribution is -2.37. The number of rotatable bonds is 6. The summed E-state index contributed by atoms with van der Waals surface area (Å²) in [6.07, 6.45) is 1.14. The maximum absolute atomic E-state index is 11.3. The summed E-state index contributed by atoms with van der Waals surface area (Å²) in [6.45, 7) is 0.547. The van der Waals surface area contributed by atoms with Crippen LogP contribution in [-0.2, 0) is 0 Å². The van der Waals surface area contributed by atoms with E-state index in [0.717, 1.165) is 6.33 Å². The molecule has 0 saturated heterocycles. The monoisotopic (exact) mass is 284 g/mol. The molecule has 2 amide bonds. The first-order valence-corrected chi connectivity index (χ1v) is 5.62. The molecule has 1 heterocycles. The number of nitrogens with two attached hydrogens (primary N) is 1. The first-order chi connectivity index (χ1) is 9.47. The number of hydrogen-bond donors (Lipinski definition) is 4. The van der Waals surface area contributed by atoms with E-state index in [4.69, 9.17) is 5.84 Å². The van der Waals surface area contributed by atoms with Crippen LogP contribution in [0.25, 0.3) is 0 Å². The van der Waals surface area contributed by atoms with Crippen LogP contribution in [-0.4, -0.2) is 53.0 Å². The summed E-state index contributed by atoms with van der Waals surface area (Å²) < 4.78 is 0. The van der Waals surface area contributed by atoms with Gasteiger partial charge in [0.2, 0.25) is 11.6 Å². The molecule has 0 atom stereocenters. The lowest BCUT2D eigenvalue weighted by molar-refractivity contribution is -0.383. The van der Waals surface area contributed by atoms with Gasteiger partial charge in [0, 0.05) is 27.2 Å². The fourth-order valence-electron chi connectivity index (χ4n) is 1.30. The number of amides is 2. The van der Waals surface area contributed by atoms with Crippen molar-refractivity contribution in [2.75, 3.05) is 37.9 Å². The zero-order valence-corrected chi connectivity index (χ0v) is 11.1. The average molecular weight is 284 g/mol. The number of urea groups is 1. The molecule has 110 valence electrons. The van der Waals surface area contributed by atoms with Crippen LogP contribution in [0.4, 0.5) is 22.1 Å². The van der Waals surface area contributed by atoms with Gasteiger partial charge in [0.1, 0.15) is 6.33 Å². The highest BCUT2D eigenvalue weighted by Gasteiger charge is 2.21. The van der Waals surface area contributed by atoms with Crippen LogP contribution in [0.2, 0.25) is 0 Å². The van der Waals surface area contributed by atoms with Crippen molar-refractivity contribution in [3.8, 4) is 0 Å². The van der Waals surface area contributed by atoms with E-state index in [1.807, 2.05) is 0 Å². The second kappa shape index (κ2) is 7.04. The van der Waals surface area contributed by atoms with E-state index in [2.05, 4.69) is 26.0 Å². The molecule has 0 aliphatic carbocycles. The van der Waals surface area contributed by atoms with Gasteiger partial charge in [-0.05, 0) is 0 Å². The molecular formula is C9H16N8O3. The molecule has 11 heteroatoms. The zero-order valence-electron chi connectivity index (χ0n) is 11.1. The van der Waals surface area contributed by atoms with Crippen molar-refractivity contribution in [1.82, 2.24) is 20.2 Å². The van der Waals surface area contributed by atoms with Gasteiger partial charge in [-0.1, -0.05) is 0 Å². The van der Waals surface area contributed by atoms with E-state index in [9.17, 15) is 14.9 Å². The van der Waals surface area contributed by atoms with E-state index in [1.165, 1.54) is 4.90 Å².